The molecule has 0 fully saturated rings. The molecule has 1 aromatic rings. The second-order valence-electron chi connectivity index (χ2n) is 1.95. The Morgan fingerprint density at radius 1 is 1.50 bits per heavy atom. The van der Waals surface area contributed by atoms with Crippen LogP contribution in [0.4, 0.5) is 0 Å². The van der Waals surface area contributed by atoms with Gasteiger partial charge in [0.05, 0.1) is 12.7 Å². The molecule has 0 atom stereocenters. The number of methoxy groups -OCH3 is 1. The van der Waals surface area contributed by atoms with Crippen LogP contribution in [0.25, 0.3) is 0 Å². The minimum Gasteiger partial charge on any atom is -0.778 e. The van der Waals surface area contributed by atoms with Crippen LogP contribution in [0.15, 0.2) is 23.1 Å². The predicted molar refractivity (Wildman–Crippen MR) is 43.3 cm³/mol. The number of ether oxygens (including phenoxy) is 1. The van der Waals surface area contributed by atoms with E-state index in [1.165, 1.54) is 7.11 Å². The van der Waals surface area contributed by atoms with Crippen LogP contribution in [0.5, 0.6) is 5.75 Å². The summed E-state index contributed by atoms with van der Waals surface area (Å²) in [5.74, 6) is 0.542. The average molecular weight is 187 g/mol. The Balaban J connectivity index is 0.00000121. The fourth-order valence-corrected chi connectivity index (χ4v) is 1.02. The Labute approximate surface area is 99.2 Å². The molecule has 0 N–H and O–H groups in total. The zero-order valence-electron chi connectivity index (χ0n) is 7.00. The molecule has 1 rings (SSSR count). The number of nitrogens with zero attached hydrogens (tertiary/aromatic N) is 1. The Morgan fingerprint density at radius 2 is 2.17 bits per heavy atom. The maximum absolute atomic E-state index is 8.63. The van der Waals surface area contributed by atoms with Crippen LogP contribution < -0.4 is 34.3 Å². The van der Waals surface area contributed by atoms with E-state index in [0.29, 0.717) is 16.2 Å². The molecule has 0 amide bonds. The monoisotopic (exact) mass is 187 g/mol. The molecule has 0 aliphatic carbocycles. The first-order valence-electron chi connectivity index (χ1n) is 3.03. The summed E-state index contributed by atoms with van der Waals surface area (Å²) in [5, 5.41) is 8.63. The second-order valence-corrected chi connectivity index (χ2v) is 2.39. The minimum absolute atomic E-state index is 0. The largest absolute Gasteiger partial charge is 1.00 e. The van der Waals surface area contributed by atoms with Crippen LogP contribution in [0.3, 0.4) is 0 Å². The fraction of sp³-hybridized carbons (Fsp3) is 0.125. The summed E-state index contributed by atoms with van der Waals surface area (Å²) in [6, 6.07) is 7.17. The zero-order valence-corrected chi connectivity index (χ0v) is 9.81. The third-order valence-corrected chi connectivity index (χ3v) is 1.66. The summed E-state index contributed by atoms with van der Waals surface area (Å²) in [6.45, 7) is 0. The molecule has 0 unspecified atom stereocenters. The van der Waals surface area contributed by atoms with Crippen molar-refractivity contribution in [2.45, 2.75) is 4.90 Å². The number of nitriles is 1. The number of hydrogen-bond acceptors (Lipinski definition) is 3. The van der Waals surface area contributed by atoms with Gasteiger partial charge in [-0.1, -0.05) is 12.1 Å². The van der Waals surface area contributed by atoms with E-state index in [0.717, 1.165) is 0 Å². The van der Waals surface area contributed by atoms with Crippen molar-refractivity contribution in [1.29, 1.82) is 5.26 Å². The van der Waals surface area contributed by atoms with Gasteiger partial charge in [0.15, 0.2) is 0 Å². The molecular formula is C8H6NNaOS. The van der Waals surface area contributed by atoms with Gasteiger partial charge in [-0.15, -0.1) is 0 Å². The Kier molecular flexibility index (Phi) is 5.27. The Hall–Kier alpha value is -0.270. The summed E-state index contributed by atoms with van der Waals surface area (Å²) in [7, 11) is 1.52. The molecule has 0 radical (unpaired) electrons. The first kappa shape index (κ1) is 11.7. The summed E-state index contributed by atoms with van der Waals surface area (Å²) in [5.41, 5.74) is 0.435. The van der Waals surface area contributed by atoms with Crippen LogP contribution in [0.2, 0.25) is 0 Å². The van der Waals surface area contributed by atoms with Gasteiger partial charge in [-0.05, 0) is 6.07 Å². The maximum Gasteiger partial charge on any atom is 1.00 e. The molecule has 0 bridgehead atoms. The van der Waals surface area contributed by atoms with Gasteiger partial charge in [-0.25, -0.2) is 0 Å². The minimum atomic E-state index is 0. The second kappa shape index (κ2) is 5.39. The summed E-state index contributed by atoms with van der Waals surface area (Å²) in [6.07, 6.45) is 0. The van der Waals surface area contributed by atoms with Crippen molar-refractivity contribution in [2.75, 3.05) is 7.11 Å². The van der Waals surface area contributed by atoms with Gasteiger partial charge in [0.25, 0.3) is 0 Å². The predicted octanol–water partition coefficient (Wildman–Crippen LogP) is -1.52. The van der Waals surface area contributed by atoms with Crippen LogP contribution in [-0.2, 0) is 12.6 Å². The van der Waals surface area contributed by atoms with E-state index in [4.69, 9.17) is 22.6 Å². The van der Waals surface area contributed by atoms with Gasteiger partial charge in [0, 0.05) is 0 Å². The van der Waals surface area contributed by atoms with Gasteiger partial charge in [-0.3, -0.25) is 0 Å². The molecule has 12 heavy (non-hydrogen) atoms. The molecule has 0 spiro atoms. The van der Waals surface area contributed by atoms with Crippen molar-refractivity contribution in [3.8, 4) is 11.8 Å². The Bertz CT molecular complexity index is 308. The van der Waals surface area contributed by atoms with Crippen LogP contribution in [0.1, 0.15) is 5.56 Å². The summed E-state index contributed by atoms with van der Waals surface area (Å²) >= 11 is 4.90. The number of rotatable bonds is 1. The first-order valence-corrected chi connectivity index (χ1v) is 3.44. The van der Waals surface area contributed by atoms with E-state index in [2.05, 4.69) is 0 Å². The molecule has 0 saturated heterocycles. The molecule has 0 aliphatic rings. The molecule has 1 aromatic carbocycles. The molecule has 4 heteroatoms. The van der Waals surface area contributed by atoms with Crippen LogP contribution in [-0.4, -0.2) is 7.11 Å². The van der Waals surface area contributed by atoms with Crippen molar-refractivity contribution < 1.29 is 34.3 Å². The summed E-state index contributed by atoms with van der Waals surface area (Å²) in [4.78, 5) is 0.534. The van der Waals surface area contributed by atoms with E-state index in [1.807, 2.05) is 6.07 Å². The third-order valence-electron chi connectivity index (χ3n) is 1.32. The van der Waals surface area contributed by atoms with Crippen LogP contribution >= 0.6 is 0 Å². The number of hydrogen-bond donors (Lipinski definition) is 0. The molecular weight excluding hydrogens is 181 g/mol. The van der Waals surface area contributed by atoms with Crippen LogP contribution in [0, 0.1) is 11.3 Å². The SMILES string of the molecule is COc1cccc([S-])c1C#N.[Na+]. The van der Waals surface area contributed by atoms with Gasteiger partial charge >= 0.3 is 29.6 Å². The molecule has 0 aromatic heterocycles. The Morgan fingerprint density at radius 3 is 2.58 bits per heavy atom. The van der Waals surface area contributed by atoms with Crippen molar-refractivity contribution in [3.05, 3.63) is 23.8 Å². The van der Waals surface area contributed by atoms with Gasteiger partial charge in [0.1, 0.15) is 11.8 Å². The fourth-order valence-electron chi connectivity index (χ4n) is 0.791. The van der Waals surface area contributed by atoms with E-state index >= 15 is 0 Å². The zero-order chi connectivity index (χ0) is 8.27. The van der Waals surface area contributed by atoms with E-state index in [-0.39, 0.29) is 29.6 Å². The molecule has 2 nitrogen and oxygen atoms in total. The van der Waals surface area contributed by atoms with Gasteiger partial charge in [0.2, 0.25) is 0 Å². The average Bonchev–Trinajstić information content (AvgIpc) is 2.04. The standard InChI is InChI=1S/C8H7NOS.Na/c1-10-7-3-2-4-8(11)6(7)5-9;/h2-4,11H,1H3;/q;+1/p-1. The normalized spacial score (nSPS) is 8.00. The number of benzene rings is 1. The van der Waals surface area contributed by atoms with E-state index in [1.54, 1.807) is 18.2 Å². The van der Waals surface area contributed by atoms with E-state index < -0.39 is 0 Å². The third kappa shape index (κ3) is 2.36. The molecule has 56 valence electrons. The van der Waals surface area contributed by atoms with Gasteiger partial charge in [-0.2, -0.15) is 10.2 Å². The summed E-state index contributed by atoms with van der Waals surface area (Å²) < 4.78 is 4.93. The smallest absolute Gasteiger partial charge is 0.778 e. The van der Waals surface area contributed by atoms with Crippen molar-refractivity contribution in [2.24, 2.45) is 0 Å². The van der Waals surface area contributed by atoms with Crippen molar-refractivity contribution >= 4 is 12.6 Å². The van der Waals surface area contributed by atoms with Gasteiger partial charge < -0.3 is 17.4 Å². The maximum atomic E-state index is 8.63. The quantitative estimate of drug-likeness (QED) is 0.395. The molecule has 0 heterocycles. The van der Waals surface area contributed by atoms with Crippen molar-refractivity contribution in [3.63, 3.8) is 0 Å². The first-order chi connectivity index (χ1) is 5.29. The van der Waals surface area contributed by atoms with E-state index in [9.17, 15) is 0 Å². The molecule has 0 saturated carbocycles. The topological polar surface area (TPSA) is 33.0 Å². The van der Waals surface area contributed by atoms with Crippen molar-refractivity contribution in [1.82, 2.24) is 0 Å². The molecule has 0 aliphatic heterocycles.